The Balaban J connectivity index is 1.81. The first-order chi connectivity index (χ1) is 10.0. The van der Waals surface area contributed by atoms with Crippen molar-refractivity contribution in [1.29, 1.82) is 0 Å². The van der Waals surface area contributed by atoms with Crippen LogP contribution in [0.15, 0.2) is 23.7 Å². The zero-order valence-electron chi connectivity index (χ0n) is 11.1. The smallest absolute Gasteiger partial charge is 0.320 e. The number of nitrogens with two attached hydrogens (primary N) is 1. The highest BCUT2D eigenvalue weighted by molar-refractivity contribution is 7.09. The first-order valence-corrected chi connectivity index (χ1v) is 7.09. The highest BCUT2D eigenvalue weighted by Gasteiger charge is 2.15. The maximum Gasteiger partial charge on any atom is 0.320 e. The van der Waals surface area contributed by atoms with Gasteiger partial charge in [0.25, 0.3) is 0 Å². The summed E-state index contributed by atoms with van der Waals surface area (Å²) in [5.41, 5.74) is 5.85. The summed E-state index contributed by atoms with van der Waals surface area (Å²) in [4.78, 5) is 23.4. The van der Waals surface area contributed by atoms with Gasteiger partial charge in [0.05, 0.1) is 12.2 Å². The molecule has 2 heterocycles. The van der Waals surface area contributed by atoms with Gasteiger partial charge >= 0.3 is 5.97 Å². The summed E-state index contributed by atoms with van der Waals surface area (Å²) in [5.74, 6) is -1.29. The molecule has 8 nitrogen and oxygen atoms in total. The van der Waals surface area contributed by atoms with Gasteiger partial charge in [-0.25, -0.2) is 4.68 Å². The zero-order valence-corrected chi connectivity index (χ0v) is 11.9. The van der Waals surface area contributed by atoms with Crippen molar-refractivity contribution >= 4 is 23.2 Å². The second kappa shape index (κ2) is 6.95. The van der Waals surface area contributed by atoms with Crippen LogP contribution in [0.25, 0.3) is 0 Å². The predicted molar refractivity (Wildman–Crippen MR) is 75.5 cm³/mol. The largest absolute Gasteiger partial charge is 0.480 e. The van der Waals surface area contributed by atoms with Crippen LogP contribution in [0.1, 0.15) is 10.6 Å². The lowest BCUT2D eigenvalue weighted by atomic mass is 10.2. The predicted octanol–water partition coefficient (Wildman–Crippen LogP) is -0.390. The van der Waals surface area contributed by atoms with Crippen LogP contribution in [0.3, 0.4) is 0 Å². The van der Waals surface area contributed by atoms with Crippen LogP contribution >= 0.6 is 11.3 Å². The van der Waals surface area contributed by atoms with E-state index in [1.807, 2.05) is 17.5 Å². The summed E-state index contributed by atoms with van der Waals surface area (Å²) >= 11 is 1.57. The molecule has 2 aromatic heterocycles. The lowest BCUT2D eigenvalue weighted by molar-refractivity contribution is -0.138. The lowest BCUT2D eigenvalue weighted by Crippen LogP contribution is -2.32. The van der Waals surface area contributed by atoms with Gasteiger partial charge in [-0.15, -0.1) is 16.4 Å². The van der Waals surface area contributed by atoms with Gasteiger partial charge in [0.1, 0.15) is 12.6 Å². The van der Waals surface area contributed by atoms with Gasteiger partial charge in [0, 0.05) is 17.5 Å². The Labute approximate surface area is 124 Å². The van der Waals surface area contributed by atoms with E-state index in [1.54, 1.807) is 11.3 Å². The van der Waals surface area contributed by atoms with E-state index in [0.717, 1.165) is 4.88 Å². The quantitative estimate of drug-likeness (QED) is 0.640. The second-order valence-corrected chi connectivity index (χ2v) is 5.44. The van der Waals surface area contributed by atoms with Crippen molar-refractivity contribution in [2.75, 3.05) is 0 Å². The van der Waals surface area contributed by atoms with E-state index in [-0.39, 0.29) is 18.9 Å². The number of carboxylic acids is 1. The molecule has 112 valence electrons. The maximum absolute atomic E-state index is 11.7. The molecule has 21 heavy (non-hydrogen) atoms. The maximum atomic E-state index is 11.7. The van der Waals surface area contributed by atoms with Crippen LogP contribution < -0.4 is 11.1 Å². The van der Waals surface area contributed by atoms with Crippen molar-refractivity contribution in [3.05, 3.63) is 34.3 Å². The van der Waals surface area contributed by atoms with E-state index in [4.69, 9.17) is 10.8 Å². The Kier molecular flexibility index (Phi) is 5.01. The number of carboxylic acid groups (broad SMARTS) is 1. The van der Waals surface area contributed by atoms with E-state index in [9.17, 15) is 9.59 Å². The molecule has 0 aliphatic rings. The fourth-order valence-corrected chi connectivity index (χ4v) is 2.27. The minimum atomic E-state index is -1.10. The Hall–Kier alpha value is -2.26. The zero-order chi connectivity index (χ0) is 15.2. The average Bonchev–Trinajstić information content (AvgIpc) is 3.08. The molecule has 0 aromatic carbocycles. The molecule has 1 atom stereocenters. The van der Waals surface area contributed by atoms with Gasteiger partial charge in [0.15, 0.2) is 0 Å². The van der Waals surface area contributed by atoms with Crippen molar-refractivity contribution < 1.29 is 14.7 Å². The molecule has 0 saturated carbocycles. The number of hydrogen-bond donors (Lipinski definition) is 3. The molecule has 0 radical (unpaired) electrons. The number of carbonyl (C=O) groups excluding carboxylic acids is 1. The van der Waals surface area contributed by atoms with E-state index >= 15 is 0 Å². The fourth-order valence-electron chi connectivity index (χ4n) is 1.62. The number of nitrogens with one attached hydrogen (secondary N) is 1. The van der Waals surface area contributed by atoms with Crippen LogP contribution in [-0.4, -0.2) is 38.0 Å². The Morgan fingerprint density at radius 2 is 2.33 bits per heavy atom. The van der Waals surface area contributed by atoms with Crippen molar-refractivity contribution in [1.82, 2.24) is 20.3 Å². The molecule has 2 aromatic rings. The molecule has 9 heteroatoms. The third-order valence-electron chi connectivity index (χ3n) is 2.68. The topological polar surface area (TPSA) is 123 Å². The first-order valence-electron chi connectivity index (χ1n) is 6.21. The molecule has 0 aliphatic heterocycles. The fraction of sp³-hybridized carbons (Fsp3) is 0.333. The van der Waals surface area contributed by atoms with Crippen molar-refractivity contribution in [2.24, 2.45) is 5.73 Å². The third-order valence-corrected chi connectivity index (χ3v) is 3.55. The Morgan fingerprint density at radius 1 is 1.52 bits per heavy atom. The van der Waals surface area contributed by atoms with Crippen LogP contribution in [0.5, 0.6) is 0 Å². The lowest BCUT2D eigenvalue weighted by Gasteiger charge is -2.03. The molecule has 0 saturated heterocycles. The molecular formula is C12H15N5O3S. The SMILES string of the molecule is NC(Cc1cn(CC(=O)NCc2cccs2)nn1)C(=O)O. The van der Waals surface area contributed by atoms with E-state index in [0.29, 0.717) is 12.2 Å². The monoisotopic (exact) mass is 309 g/mol. The van der Waals surface area contributed by atoms with Crippen LogP contribution in [0.2, 0.25) is 0 Å². The molecule has 0 aliphatic carbocycles. The number of carbonyl (C=O) groups is 2. The van der Waals surface area contributed by atoms with Crippen LogP contribution in [0, 0.1) is 0 Å². The molecular weight excluding hydrogens is 294 g/mol. The molecule has 4 N–H and O–H groups in total. The number of aromatic nitrogens is 3. The van der Waals surface area contributed by atoms with Crippen molar-refractivity contribution in [3.8, 4) is 0 Å². The minimum Gasteiger partial charge on any atom is -0.480 e. The van der Waals surface area contributed by atoms with Crippen LogP contribution in [-0.2, 0) is 29.1 Å². The highest BCUT2D eigenvalue weighted by atomic mass is 32.1. The molecule has 0 spiro atoms. The number of hydrogen-bond acceptors (Lipinski definition) is 6. The summed E-state index contributed by atoms with van der Waals surface area (Å²) in [7, 11) is 0. The van der Waals surface area contributed by atoms with Gasteiger partial charge in [-0.3, -0.25) is 9.59 Å². The minimum absolute atomic E-state index is 0.0285. The van der Waals surface area contributed by atoms with Crippen molar-refractivity contribution in [2.45, 2.75) is 25.6 Å². The Morgan fingerprint density at radius 3 is 3.00 bits per heavy atom. The number of aliphatic carboxylic acids is 1. The van der Waals surface area contributed by atoms with Gasteiger partial charge in [0.2, 0.25) is 5.91 Å². The summed E-state index contributed by atoms with van der Waals surface area (Å²) in [6.07, 6.45) is 1.60. The molecule has 1 unspecified atom stereocenters. The molecule has 2 rings (SSSR count). The van der Waals surface area contributed by atoms with E-state index in [2.05, 4.69) is 15.6 Å². The summed E-state index contributed by atoms with van der Waals surface area (Å²) in [6, 6.07) is 2.83. The van der Waals surface area contributed by atoms with Gasteiger partial charge in [-0.2, -0.15) is 0 Å². The third kappa shape index (κ3) is 4.65. The van der Waals surface area contributed by atoms with Gasteiger partial charge in [-0.05, 0) is 11.4 Å². The Bertz CT molecular complexity index is 610. The normalized spacial score (nSPS) is 12.0. The van der Waals surface area contributed by atoms with Gasteiger partial charge in [-0.1, -0.05) is 11.3 Å². The van der Waals surface area contributed by atoms with E-state index < -0.39 is 12.0 Å². The number of nitrogens with zero attached hydrogens (tertiary/aromatic N) is 3. The number of rotatable bonds is 7. The summed E-state index contributed by atoms with van der Waals surface area (Å²) < 4.78 is 1.35. The summed E-state index contributed by atoms with van der Waals surface area (Å²) in [5, 5.41) is 21.0. The van der Waals surface area contributed by atoms with Crippen molar-refractivity contribution in [3.63, 3.8) is 0 Å². The highest BCUT2D eigenvalue weighted by Crippen LogP contribution is 2.07. The van der Waals surface area contributed by atoms with Crippen LogP contribution in [0.4, 0.5) is 0 Å². The first kappa shape index (κ1) is 15.1. The standard InChI is InChI=1S/C12H15N5O3S/c13-10(12(19)20)4-8-6-17(16-15-8)7-11(18)14-5-9-2-1-3-21-9/h1-3,6,10H,4-5,7,13H2,(H,14,18)(H,19,20). The van der Waals surface area contributed by atoms with Gasteiger partial charge < -0.3 is 16.2 Å². The number of amides is 1. The van der Waals surface area contributed by atoms with E-state index in [1.165, 1.54) is 10.9 Å². The second-order valence-electron chi connectivity index (χ2n) is 4.41. The molecule has 0 fully saturated rings. The average molecular weight is 309 g/mol. The number of thiophene rings is 1. The summed E-state index contributed by atoms with van der Waals surface area (Å²) in [6.45, 7) is 0.503. The molecule has 0 bridgehead atoms. The molecule has 1 amide bonds.